The minimum atomic E-state index is -3.85. The van der Waals surface area contributed by atoms with Gasteiger partial charge in [0.25, 0.3) is 5.91 Å². The lowest BCUT2D eigenvalue weighted by Crippen LogP contribution is -2.46. The summed E-state index contributed by atoms with van der Waals surface area (Å²) in [4.78, 5) is 23.8. The molecule has 2 N–H and O–H groups in total. The van der Waals surface area contributed by atoms with Gasteiger partial charge in [-0.1, -0.05) is 32.0 Å². The summed E-state index contributed by atoms with van der Waals surface area (Å²) in [7, 11) is -3.85. The van der Waals surface area contributed by atoms with E-state index in [4.69, 9.17) is 4.74 Å². The zero-order chi connectivity index (χ0) is 17.7. The van der Waals surface area contributed by atoms with Gasteiger partial charge in [-0.05, 0) is 30.9 Å². The van der Waals surface area contributed by atoms with Gasteiger partial charge in [-0.2, -0.15) is 4.72 Å². The third-order valence-corrected chi connectivity index (χ3v) is 5.00. The second-order valence-electron chi connectivity index (χ2n) is 6.11. The summed E-state index contributed by atoms with van der Waals surface area (Å²) < 4.78 is 32.0. The molecule has 0 spiro atoms. The zero-order valence-electron chi connectivity index (χ0n) is 13.7. The van der Waals surface area contributed by atoms with Crippen LogP contribution in [0.1, 0.15) is 26.7 Å². The monoisotopic (exact) mass is 354 g/mol. The maximum Gasteiger partial charge on any atom is 0.324 e. The molecule has 7 nitrogen and oxygen atoms in total. The van der Waals surface area contributed by atoms with Crippen molar-refractivity contribution in [3.05, 3.63) is 30.3 Å². The molecule has 2 rings (SSSR count). The topological polar surface area (TPSA) is 102 Å². The van der Waals surface area contributed by atoms with Crippen molar-refractivity contribution in [1.29, 1.82) is 0 Å². The molecule has 0 heterocycles. The van der Waals surface area contributed by atoms with Gasteiger partial charge in [-0.3, -0.25) is 9.59 Å². The third-order valence-electron chi connectivity index (χ3n) is 3.54. The molecule has 0 bridgehead atoms. The summed E-state index contributed by atoms with van der Waals surface area (Å²) in [6.45, 7) is 2.99. The van der Waals surface area contributed by atoms with E-state index in [9.17, 15) is 18.0 Å². The SMILES string of the molecule is CC(C)[C@@H](NS(=O)(=O)c1ccccc1)C(=O)OCC(=O)NC1CC1. The fourth-order valence-electron chi connectivity index (χ4n) is 2.01. The Morgan fingerprint density at radius 1 is 1.21 bits per heavy atom. The van der Waals surface area contributed by atoms with Gasteiger partial charge in [0.05, 0.1) is 4.90 Å². The van der Waals surface area contributed by atoms with Gasteiger partial charge in [-0.25, -0.2) is 8.42 Å². The van der Waals surface area contributed by atoms with Crippen LogP contribution in [0.25, 0.3) is 0 Å². The summed E-state index contributed by atoms with van der Waals surface area (Å²) in [5, 5.41) is 2.70. The van der Waals surface area contributed by atoms with Crippen LogP contribution in [0.15, 0.2) is 35.2 Å². The summed E-state index contributed by atoms with van der Waals surface area (Å²) >= 11 is 0. The molecule has 1 saturated carbocycles. The molecule has 0 aliphatic heterocycles. The molecule has 1 atom stereocenters. The van der Waals surface area contributed by atoms with E-state index in [2.05, 4.69) is 10.0 Å². The molecule has 1 aromatic carbocycles. The number of amides is 1. The Kier molecular flexibility index (Phi) is 5.95. The number of sulfonamides is 1. The van der Waals surface area contributed by atoms with Crippen molar-refractivity contribution in [1.82, 2.24) is 10.0 Å². The molecule has 1 aliphatic rings. The Morgan fingerprint density at radius 3 is 2.38 bits per heavy atom. The van der Waals surface area contributed by atoms with Crippen molar-refractivity contribution in [2.75, 3.05) is 6.61 Å². The first kappa shape index (κ1) is 18.4. The lowest BCUT2D eigenvalue weighted by Gasteiger charge is -2.20. The van der Waals surface area contributed by atoms with Gasteiger partial charge in [-0.15, -0.1) is 0 Å². The molecular weight excluding hydrogens is 332 g/mol. The maximum atomic E-state index is 12.3. The molecule has 0 radical (unpaired) electrons. The lowest BCUT2D eigenvalue weighted by atomic mass is 10.1. The third kappa shape index (κ3) is 5.31. The minimum Gasteiger partial charge on any atom is -0.454 e. The van der Waals surface area contributed by atoms with E-state index in [-0.39, 0.29) is 22.8 Å². The number of nitrogens with one attached hydrogen (secondary N) is 2. The summed E-state index contributed by atoms with van der Waals surface area (Å²) in [6.07, 6.45) is 1.87. The molecule has 0 aromatic heterocycles. The average molecular weight is 354 g/mol. The number of esters is 1. The summed E-state index contributed by atoms with van der Waals surface area (Å²) in [5.41, 5.74) is 0. The average Bonchev–Trinajstić information content (AvgIpc) is 3.35. The highest BCUT2D eigenvalue weighted by Gasteiger charge is 2.30. The van der Waals surface area contributed by atoms with Crippen molar-refractivity contribution in [3.63, 3.8) is 0 Å². The predicted octanol–water partition coefficient (Wildman–Crippen LogP) is 0.811. The molecule has 0 saturated heterocycles. The van der Waals surface area contributed by atoms with Crippen LogP contribution in [0, 0.1) is 5.92 Å². The minimum absolute atomic E-state index is 0.0647. The Morgan fingerprint density at radius 2 is 1.83 bits per heavy atom. The molecule has 1 amide bonds. The first-order valence-electron chi connectivity index (χ1n) is 7.83. The highest BCUT2D eigenvalue weighted by atomic mass is 32.2. The fraction of sp³-hybridized carbons (Fsp3) is 0.500. The van der Waals surface area contributed by atoms with Crippen molar-refractivity contribution in [2.24, 2.45) is 5.92 Å². The van der Waals surface area contributed by atoms with Crippen LogP contribution < -0.4 is 10.0 Å². The van der Waals surface area contributed by atoms with E-state index >= 15 is 0 Å². The quantitative estimate of drug-likeness (QED) is 0.673. The number of hydrogen-bond donors (Lipinski definition) is 2. The predicted molar refractivity (Wildman–Crippen MR) is 87.5 cm³/mol. The number of rotatable bonds is 8. The van der Waals surface area contributed by atoms with Crippen molar-refractivity contribution >= 4 is 21.9 Å². The summed E-state index contributed by atoms with van der Waals surface area (Å²) in [6, 6.07) is 6.88. The number of ether oxygens (including phenoxy) is 1. The second-order valence-corrected chi connectivity index (χ2v) is 7.82. The first-order valence-corrected chi connectivity index (χ1v) is 9.31. The van der Waals surface area contributed by atoms with E-state index in [1.807, 2.05) is 0 Å². The Hall–Kier alpha value is -1.93. The van der Waals surface area contributed by atoms with Gasteiger partial charge < -0.3 is 10.1 Å². The first-order chi connectivity index (χ1) is 11.3. The standard InChI is InChI=1S/C16H22N2O5S/c1-11(2)15(16(20)23-10-14(19)17-12-8-9-12)18-24(21,22)13-6-4-3-5-7-13/h3-7,11-12,15,18H,8-10H2,1-2H3,(H,17,19)/t15-/m1/s1. The van der Waals surface area contributed by atoms with Crippen molar-refractivity contribution in [2.45, 2.75) is 43.7 Å². The smallest absolute Gasteiger partial charge is 0.324 e. The van der Waals surface area contributed by atoms with Gasteiger partial charge in [0.1, 0.15) is 6.04 Å². The molecule has 1 fully saturated rings. The van der Waals surface area contributed by atoms with Crippen LogP contribution in [0.3, 0.4) is 0 Å². The second kappa shape index (κ2) is 7.76. The van der Waals surface area contributed by atoms with Crippen LogP contribution >= 0.6 is 0 Å². The van der Waals surface area contributed by atoms with Crippen LogP contribution in [-0.4, -0.2) is 39.0 Å². The Labute approximate surface area is 141 Å². The van der Waals surface area contributed by atoms with Gasteiger partial charge in [0.15, 0.2) is 6.61 Å². The van der Waals surface area contributed by atoms with Crippen LogP contribution in [0.4, 0.5) is 0 Å². The van der Waals surface area contributed by atoms with E-state index < -0.39 is 28.6 Å². The molecule has 132 valence electrons. The number of benzene rings is 1. The van der Waals surface area contributed by atoms with E-state index in [0.29, 0.717) is 0 Å². The summed E-state index contributed by atoms with van der Waals surface area (Å²) in [5.74, 6) is -1.47. The van der Waals surface area contributed by atoms with E-state index in [1.54, 1.807) is 32.0 Å². The number of carbonyl (C=O) groups is 2. The molecule has 8 heteroatoms. The van der Waals surface area contributed by atoms with Crippen molar-refractivity contribution in [3.8, 4) is 0 Å². The van der Waals surface area contributed by atoms with Gasteiger partial charge in [0.2, 0.25) is 10.0 Å². The maximum absolute atomic E-state index is 12.3. The molecule has 0 unspecified atom stereocenters. The van der Waals surface area contributed by atoms with Gasteiger partial charge in [0, 0.05) is 6.04 Å². The van der Waals surface area contributed by atoms with Crippen LogP contribution in [-0.2, 0) is 24.3 Å². The number of hydrogen-bond acceptors (Lipinski definition) is 5. The fourth-order valence-corrected chi connectivity index (χ4v) is 3.37. The molecule has 24 heavy (non-hydrogen) atoms. The van der Waals surface area contributed by atoms with Crippen LogP contribution in [0.2, 0.25) is 0 Å². The largest absolute Gasteiger partial charge is 0.454 e. The highest BCUT2D eigenvalue weighted by Crippen LogP contribution is 2.18. The molecule has 1 aliphatic carbocycles. The lowest BCUT2D eigenvalue weighted by molar-refractivity contribution is -0.151. The van der Waals surface area contributed by atoms with E-state index in [1.165, 1.54) is 12.1 Å². The van der Waals surface area contributed by atoms with E-state index in [0.717, 1.165) is 12.8 Å². The highest BCUT2D eigenvalue weighted by molar-refractivity contribution is 7.89. The van der Waals surface area contributed by atoms with Gasteiger partial charge >= 0.3 is 5.97 Å². The Bertz CT molecular complexity index is 684. The van der Waals surface area contributed by atoms with Crippen LogP contribution in [0.5, 0.6) is 0 Å². The Balaban J connectivity index is 1.97. The van der Waals surface area contributed by atoms with Crippen molar-refractivity contribution < 1.29 is 22.7 Å². The molecule has 1 aromatic rings. The number of carbonyl (C=O) groups excluding carboxylic acids is 2. The normalized spacial score (nSPS) is 15.8. The molecular formula is C16H22N2O5S. The zero-order valence-corrected chi connectivity index (χ0v) is 14.5.